The number of anilines is 2. The lowest BCUT2D eigenvalue weighted by molar-refractivity contribution is 0.102. The van der Waals surface area contributed by atoms with Crippen LogP contribution in [0, 0.1) is 0 Å². The van der Waals surface area contributed by atoms with E-state index in [0.29, 0.717) is 16.1 Å². The lowest BCUT2D eigenvalue weighted by atomic mass is 10.1. The van der Waals surface area contributed by atoms with Crippen molar-refractivity contribution < 1.29 is 4.79 Å². The second kappa shape index (κ2) is 7.56. The number of benzene rings is 2. The molecule has 0 spiro atoms. The number of rotatable bonds is 4. The lowest BCUT2D eigenvalue weighted by Crippen LogP contribution is -2.30. The quantitative estimate of drug-likeness (QED) is 0.727. The maximum absolute atomic E-state index is 12.9. The van der Waals surface area contributed by atoms with Crippen molar-refractivity contribution in [3.05, 3.63) is 47.0 Å². The minimum atomic E-state index is -0.177. The molecule has 0 bridgehead atoms. The first-order valence-corrected chi connectivity index (χ1v) is 9.72. The molecule has 1 aromatic heterocycles. The van der Waals surface area contributed by atoms with Gasteiger partial charge in [-0.05, 0) is 62.6 Å². The summed E-state index contributed by atoms with van der Waals surface area (Å²) in [7, 11) is 0. The molecule has 1 amide bonds. The van der Waals surface area contributed by atoms with Crippen molar-refractivity contribution in [1.29, 1.82) is 0 Å². The molecule has 0 aliphatic carbocycles. The summed E-state index contributed by atoms with van der Waals surface area (Å²) in [6.07, 6.45) is 3.59. The third-order valence-electron chi connectivity index (χ3n) is 4.98. The first-order valence-electron chi connectivity index (χ1n) is 9.35. The summed E-state index contributed by atoms with van der Waals surface area (Å²) in [6.45, 7) is 4.74. The zero-order chi connectivity index (χ0) is 18.8. The minimum absolute atomic E-state index is 0.177. The molecule has 7 heteroatoms. The number of aromatic nitrogens is 3. The number of carbonyl (C=O) groups is 1. The Morgan fingerprint density at radius 1 is 1.15 bits per heavy atom. The number of hydrogen-bond donors (Lipinski definition) is 1. The Balaban J connectivity index is 1.61. The summed E-state index contributed by atoms with van der Waals surface area (Å²) < 4.78 is 1.81. The van der Waals surface area contributed by atoms with E-state index in [1.165, 1.54) is 19.3 Å². The summed E-state index contributed by atoms with van der Waals surface area (Å²) in [6, 6.07) is 11.1. The average molecular weight is 384 g/mol. The Morgan fingerprint density at radius 2 is 1.96 bits per heavy atom. The molecule has 2 heterocycles. The van der Waals surface area contributed by atoms with Crippen molar-refractivity contribution in [3.8, 4) is 0 Å². The molecule has 1 fully saturated rings. The number of halogens is 1. The standard InChI is InChI=1S/C20H22ClN5O/c1-2-26-19-8-6-14(12-17(19)23-24-26)20(27)22-16-13-15(21)7-9-18(16)25-10-4-3-5-11-25/h6-9,12-13H,2-5,10-11H2,1H3,(H,22,27). The molecule has 0 saturated carbocycles. The minimum Gasteiger partial charge on any atom is -0.370 e. The molecule has 3 aromatic rings. The van der Waals surface area contributed by atoms with Gasteiger partial charge in [0.1, 0.15) is 5.52 Å². The highest BCUT2D eigenvalue weighted by atomic mass is 35.5. The van der Waals surface area contributed by atoms with Gasteiger partial charge in [-0.3, -0.25) is 4.79 Å². The summed E-state index contributed by atoms with van der Waals surface area (Å²) in [5.41, 5.74) is 3.95. The summed E-state index contributed by atoms with van der Waals surface area (Å²) in [5.74, 6) is -0.177. The van der Waals surface area contributed by atoms with Crippen LogP contribution < -0.4 is 10.2 Å². The fourth-order valence-corrected chi connectivity index (χ4v) is 3.73. The summed E-state index contributed by atoms with van der Waals surface area (Å²) >= 11 is 6.19. The SMILES string of the molecule is CCn1nnc2cc(C(=O)Nc3cc(Cl)ccc3N3CCCCC3)ccc21. The normalized spacial score (nSPS) is 14.5. The predicted octanol–water partition coefficient (Wildman–Crippen LogP) is 4.35. The molecule has 1 saturated heterocycles. The second-order valence-electron chi connectivity index (χ2n) is 6.77. The number of carbonyl (C=O) groups excluding carboxylic acids is 1. The van der Waals surface area contributed by atoms with Crippen LogP contribution in [0.1, 0.15) is 36.5 Å². The fraction of sp³-hybridized carbons (Fsp3) is 0.350. The zero-order valence-corrected chi connectivity index (χ0v) is 16.0. The Labute approximate surface area is 163 Å². The number of fused-ring (bicyclic) bond motifs is 1. The molecule has 0 radical (unpaired) electrons. The van der Waals surface area contributed by atoms with E-state index in [1.54, 1.807) is 12.1 Å². The van der Waals surface area contributed by atoms with Crippen molar-refractivity contribution in [2.45, 2.75) is 32.7 Å². The topological polar surface area (TPSA) is 63.1 Å². The first kappa shape index (κ1) is 17.8. The van der Waals surface area contributed by atoms with Crippen LogP contribution in [0.25, 0.3) is 11.0 Å². The van der Waals surface area contributed by atoms with Gasteiger partial charge in [-0.2, -0.15) is 0 Å². The summed E-state index contributed by atoms with van der Waals surface area (Å²) in [4.78, 5) is 15.2. The highest BCUT2D eigenvalue weighted by molar-refractivity contribution is 6.31. The fourth-order valence-electron chi connectivity index (χ4n) is 3.56. The van der Waals surface area contributed by atoms with E-state index in [0.717, 1.165) is 36.5 Å². The smallest absolute Gasteiger partial charge is 0.255 e. The van der Waals surface area contributed by atoms with Crippen LogP contribution in [-0.4, -0.2) is 34.0 Å². The van der Waals surface area contributed by atoms with E-state index in [4.69, 9.17) is 11.6 Å². The maximum atomic E-state index is 12.9. The van der Waals surface area contributed by atoms with E-state index < -0.39 is 0 Å². The molecule has 27 heavy (non-hydrogen) atoms. The number of piperidine rings is 1. The van der Waals surface area contributed by atoms with E-state index in [2.05, 4.69) is 20.5 Å². The third-order valence-corrected chi connectivity index (χ3v) is 5.21. The van der Waals surface area contributed by atoms with E-state index >= 15 is 0 Å². The van der Waals surface area contributed by atoms with Crippen molar-refractivity contribution in [2.24, 2.45) is 0 Å². The van der Waals surface area contributed by atoms with Gasteiger partial charge in [0.2, 0.25) is 0 Å². The Bertz CT molecular complexity index is 978. The number of hydrogen-bond acceptors (Lipinski definition) is 4. The molecule has 2 aromatic carbocycles. The third kappa shape index (κ3) is 3.62. The monoisotopic (exact) mass is 383 g/mol. The highest BCUT2D eigenvalue weighted by Gasteiger charge is 2.17. The second-order valence-corrected chi connectivity index (χ2v) is 7.21. The molecule has 6 nitrogen and oxygen atoms in total. The Morgan fingerprint density at radius 3 is 2.74 bits per heavy atom. The predicted molar refractivity (Wildman–Crippen MR) is 109 cm³/mol. The van der Waals surface area contributed by atoms with Crippen LogP contribution >= 0.6 is 11.6 Å². The zero-order valence-electron chi connectivity index (χ0n) is 15.3. The van der Waals surface area contributed by atoms with Crippen LogP contribution in [0.3, 0.4) is 0 Å². The average Bonchev–Trinajstić information content (AvgIpc) is 3.11. The number of nitrogens with zero attached hydrogens (tertiary/aromatic N) is 4. The molecular formula is C20H22ClN5O. The Kier molecular flexibility index (Phi) is 4.99. The molecule has 0 atom stereocenters. The molecule has 1 aliphatic heterocycles. The number of aryl methyl sites for hydroxylation is 1. The van der Waals surface area contributed by atoms with Crippen molar-refractivity contribution in [1.82, 2.24) is 15.0 Å². The van der Waals surface area contributed by atoms with Crippen LogP contribution in [0.5, 0.6) is 0 Å². The molecular weight excluding hydrogens is 362 g/mol. The van der Waals surface area contributed by atoms with Crippen LogP contribution in [0.4, 0.5) is 11.4 Å². The number of nitrogens with one attached hydrogen (secondary N) is 1. The molecule has 1 aliphatic rings. The van der Waals surface area contributed by atoms with E-state index in [9.17, 15) is 4.79 Å². The largest absolute Gasteiger partial charge is 0.370 e. The van der Waals surface area contributed by atoms with Gasteiger partial charge in [0.15, 0.2) is 0 Å². The van der Waals surface area contributed by atoms with Crippen molar-refractivity contribution >= 4 is 39.9 Å². The number of amides is 1. The first-order chi connectivity index (χ1) is 13.2. The van der Waals surface area contributed by atoms with Gasteiger partial charge in [-0.1, -0.05) is 16.8 Å². The van der Waals surface area contributed by atoms with Crippen molar-refractivity contribution in [3.63, 3.8) is 0 Å². The van der Waals surface area contributed by atoms with Crippen LogP contribution in [-0.2, 0) is 6.54 Å². The molecule has 0 unspecified atom stereocenters. The highest BCUT2D eigenvalue weighted by Crippen LogP contribution is 2.31. The lowest BCUT2D eigenvalue weighted by Gasteiger charge is -2.30. The summed E-state index contributed by atoms with van der Waals surface area (Å²) in [5, 5.41) is 11.9. The van der Waals surface area contributed by atoms with Gasteiger partial charge in [0.05, 0.1) is 16.9 Å². The van der Waals surface area contributed by atoms with Crippen LogP contribution in [0.15, 0.2) is 36.4 Å². The van der Waals surface area contributed by atoms with Gasteiger partial charge >= 0.3 is 0 Å². The molecule has 140 valence electrons. The van der Waals surface area contributed by atoms with Gasteiger partial charge in [-0.15, -0.1) is 5.10 Å². The van der Waals surface area contributed by atoms with Crippen molar-refractivity contribution in [2.75, 3.05) is 23.3 Å². The van der Waals surface area contributed by atoms with E-state index in [1.807, 2.05) is 35.9 Å². The van der Waals surface area contributed by atoms with Gasteiger partial charge in [-0.25, -0.2) is 4.68 Å². The van der Waals surface area contributed by atoms with Gasteiger partial charge < -0.3 is 10.2 Å². The maximum Gasteiger partial charge on any atom is 0.255 e. The van der Waals surface area contributed by atoms with Gasteiger partial charge in [0, 0.05) is 30.2 Å². The van der Waals surface area contributed by atoms with E-state index in [-0.39, 0.29) is 5.91 Å². The molecule has 4 rings (SSSR count). The Hall–Kier alpha value is -2.60. The molecule has 1 N–H and O–H groups in total. The van der Waals surface area contributed by atoms with Crippen LogP contribution in [0.2, 0.25) is 5.02 Å². The van der Waals surface area contributed by atoms with Gasteiger partial charge in [0.25, 0.3) is 5.91 Å².